The van der Waals surface area contributed by atoms with Gasteiger partial charge in [0.05, 0.1) is 11.8 Å². The van der Waals surface area contributed by atoms with Crippen LogP contribution >= 0.6 is 11.8 Å². The molecule has 1 heterocycles. The van der Waals surface area contributed by atoms with Crippen molar-refractivity contribution in [2.75, 3.05) is 12.8 Å². The number of aromatic nitrogens is 3. The van der Waals surface area contributed by atoms with E-state index >= 15 is 0 Å². The lowest BCUT2D eigenvalue weighted by atomic mass is 9.81. The highest BCUT2D eigenvalue weighted by Crippen LogP contribution is 2.33. The first kappa shape index (κ1) is 22.8. The maximum atomic E-state index is 13.8. The Kier molecular flexibility index (Phi) is 7.69. The highest BCUT2D eigenvalue weighted by molar-refractivity contribution is 7.99. The number of ether oxygens (including phenoxy) is 1. The van der Waals surface area contributed by atoms with E-state index in [0.29, 0.717) is 30.4 Å². The molecule has 0 bridgehead atoms. The zero-order valence-corrected chi connectivity index (χ0v) is 18.4. The number of para-hydroxylation sites is 1. The average Bonchev–Trinajstić information content (AvgIpc) is 3.18. The molecular formula is C22H26FN5O2S. The fourth-order valence-electron chi connectivity index (χ4n) is 3.67. The Hall–Kier alpha value is -2.86. The Balaban J connectivity index is 1.66. The summed E-state index contributed by atoms with van der Waals surface area (Å²) in [5, 5.41) is 18.6. The summed E-state index contributed by atoms with van der Waals surface area (Å²) in [7, 11) is 1.71. The molecule has 1 aliphatic rings. The lowest BCUT2D eigenvalue weighted by Crippen LogP contribution is -2.50. The van der Waals surface area contributed by atoms with E-state index in [9.17, 15) is 14.4 Å². The van der Waals surface area contributed by atoms with Crippen LogP contribution in [0.1, 0.15) is 37.9 Å². The number of rotatable bonds is 9. The predicted molar refractivity (Wildman–Crippen MR) is 116 cm³/mol. The Morgan fingerprint density at radius 1 is 1.39 bits per heavy atom. The van der Waals surface area contributed by atoms with Gasteiger partial charge in [0.15, 0.2) is 22.5 Å². The summed E-state index contributed by atoms with van der Waals surface area (Å²) in [5.74, 6) is 0.215. The van der Waals surface area contributed by atoms with Gasteiger partial charge in [-0.05, 0) is 25.0 Å². The molecule has 1 aromatic heterocycles. The lowest BCUT2D eigenvalue weighted by molar-refractivity contribution is -0.131. The Bertz CT molecular complexity index is 965. The predicted octanol–water partition coefficient (Wildman–Crippen LogP) is 3.96. The molecule has 1 amide bonds. The van der Waals surface area contributed by atoms with Crippen molar-refractivity contribution >= 4 is 17.7 Å². The van der Waals surface area contributed by atoms with Crippen molar-refractivity contribution in [2.24, 2.45) is 0 Å². The van der Waals surface area contributed by atoms with Gasteiger partial charge in [0.1, 0.15) is 12.1 Å². The molecule has 1 aliphatic carbocycles. The van der Waals surface area contributed by atoms with Crippen LogP contribution in [0.25, 0.3) is 0 Å². The van der Waals surface area contributed by atoms with E-state index in [1.807, 2.05) is 0 Å². The first-order valence-electron chi connectivity index (χ1n) is 10.2. The van der Waals surface area contributed by atoms with Crippen molar-refractivity contribution in [1.29, 1.82) is 5.26 Å². The minimum Gasteiger partial charge on any atom is -0.483 e. The van der Waals surface area contributed by atoms with E-state index in [-0.39, 0.29) is 24.0 Å². The SMILES string of the molecule is C=CCn1c(COc2ccccc2F)nnc1SCC(=O)N(C)C1(C#N)CCCCC1. The number of benzene rings is 1. The third-order valence-corrected chi connectivity index (χ3v) is 6.48. The normalized spacial score (nSPS) is 15.1. The fraction of sp³-hybridized carbons (Fsp3) is 0.455. The third kappa shape index (κ3) is 5.25. The molecule has 1 aromatic carbocycles. The minimum absolute atomic E-state index is 0.0354. The highest BCUT2D eigenvalue weighted by atomic mass is 32.2. The smallest absolute Gasteiger partial charge is 0.234 e. The number of allylic oxidation sites excluding steroid dienone is 1. The van der Waals surface area contributed by atoms with E-state index in [1.54, 1.807) is 40.8 Å². The molecule has 0 atom stereocenters. The second kappa shape index (κ2) is 10.4. The molecule has 0 aliphatic heterocycles. The Labute approximate surface area is 185 Å². The van der Waals surface area contributed by atoms with Gasteiger partial charge in [-0.25, -0.2) is 4.39 Å². The van der Waals surface area contributed by atoms with Crippen LogP contribution in [0, 0.1) is 17.1 Å². The molecule has 0 radical (unpaired) electrons. The van der Waals surface area contributed by atoms with Gasteiger partial charge < -0.3 is 9.64 Å². The van der Waals surface area contributed by atoms with Crippen LogP contribution in [0.4, 0.5) is 4.39 Å². The number of hydrogen-bond donors (Lipinski definition) is 0. The third-order valence-electron chi connectivity index (χ3n) is 5.53. The van der Waals surface area contributed by atoms with Crippen LogP contribution in [-0.4, -0.2) is 43.9 Å². The van der Waals surface area contributed by atoms with Gasteiger partial charge in [-0.2, -0.15) is 5.26 Å². The summed E-state index contributed by atoms with van der Waals surface area (Å²) in [5.41, 5.74) is -0.719. The molecule has 0 unspecified atom stereocenters. The van der Waals surface area contributed by atoms with Gasteiger partial charge in [-0.1, -0.05) is 49.2 Å². The fourth-order valence-corrected chi connectivity index (χ4v) is 4.55. The van der Waals surface area contributed by atoms with Crippen molar-refractivity contribution in [3.63, 3.8) is 0 Å². The Morgan fingerprint density at radius 2 is 2.13 bits per heavy atom. The van der Waals surface area contributed by atoms with Crippen LogP contribution in [0.15, 0.2) is 42.1 Å². The molecule has 2 aromatic rings. The number of amides is 1. The zero-order valence-electron chi connectivity index (χ0n) is 17.6. The molecule has 0 spiro atoms. The standard InChI is InChI=1S/C22H26FN5O2S/c1-3-13-28-19(14-30-18-10-6-5-9-17(18)23)25-26-21(28)31-15-20(29)27(2)22(16-24)11-7-4-8-12-22/h3,5-6,9-10H,1,4,7-8,11-15H2,2H3. The topological polar surface area (TPSA) is 84.0 Å². The maximum absolute atomic E-state index is 13.8. The molecule has 0 saturated heterocycles. The second-order valence-corrected chi connectivity index (χ2v) is 8.41. The van der Waals surface area contributed by atoms with Gasteiger partial charge in [0, 0.05) is 13.6 Å². The number of halogens is 1. The second-order valence-electron chi connectivity index (χ2n) is 7.46. The minimum atomic E-state index is -0.719. The van der Waals surface area contributed by atoms with E-state index in [4.69, 9.17) is 4.74 Å². The number of nitriles is 1. The molecule has 164 valence electrons. The Morgan fingerprint density at radius 3 is 2.81 bits per heavy atom. The van der Waals surface area contributed by atoms with Crippen LogP contribution < -0.4 is 4.74 Å². The molecule has 1 fully saturated rings. The van der Waals surface area contributed by atoms with Crippen molar-refractivity contribution in [2.45, 2.75) is 56.0 Å². The summed E-state index contributed by atoms with van der Waals surface area (Å²) < 4.78 is 21.1. The number of thioether (sulfide) groups is 1. The van der Waals surface area contributed by atoms with E-state index in [0.717, 1.165) is 19.3 Å². The average molecular weight is 444 g/mol. The molecule has 7 nitrogen and oxygen atoms in total. The quantitative estimate of drug-likeness (QED) is 0.431. The lowest BCUT2D eigenvalue weighted by Gasteiger charge is -2.39. The van der Waals surface area contributed by atoms with Crippen molar-refractivity contribution < 1.29 is 13.9 Å². The number of hydrogen-bond acceptors (Lipinski definition) is 6. The largest absolute Gasteiger partial charge is 0.483 e. The summed E-state index contributed by atoms with van der Waals surface area (Å²) in [6, 6.07) is 8.53. The molecule has 9 heteroatoms. The van der Waals surface area contributed by atoms with Crippen LogP contribution in [0.2, 0.25) is 0 Å². The molecular weight excluding hydrogens is 417 g/mol. The van der Waals surface area contributed by atoms with E-state index in [1.165, 1.54) is 17.8 Å². The molecule has 1 saturated carbocycles. The number of nitrogens with zero attached hydrogens (tertiary/aromatic N) is 5. The van der Waals surface area contributed by atoms with Gasteiger partial charge >= 0.3 is 0 Å². The summed E-state index contributed by atoms with van der Waals surface area (Å²) in [6.07, 6.45) is 6.12. The molecule has 31 heavy (non-hydrogen) atoms. The van der Waals surface area contributed by atoms with Crippen LogP contribution in [0.5, 0.6) is 5.75 Å². The highest BCUT2D eigenvalue weighted by Gasteiger charge is 2.38. The molecule has 0 N–H and O–H groups in total. The van der Waals surface area contributed by atoms with Gasteiger partial charge in [-0.3, -0.25) is 9.36 Å². The van der Waals surface area contributed by atoms with E-state index < -0.39 is 11.4 Å². The number of carbonyl (C=O) groups excluding carboxylic acids is 1. The van der Waals surface area contributed by atoms with Crippen molar-refractivity contribution in [1.82, 2.24) is 19.7 Å². The van der Waals surface area contributed by atoms with Crippen molar-refractivity contribution in [3.8, 4) is 11.8 Å². The maximum Gasteiger partial charge on any atom is 0.234 e. The summed E-state index contributed by atoms with van der Waals surface area (Å²) >= 11 is 1.25. The number of carbonyl (C=O) groups is 1. The van der Waals surface area contributed by atoms with Crippen LogP contribution in [-0.2, 0) is 17.9 Å². The van der Waals surface area contributed by atoms with Crippen LogP contribution in [0.3, 0.4) is 0 Å². The first-order chi connectivity index (χ1) is 15.0. The summed E-state index contributed by atoms with van der Waals surface area (Å²) in [4.78, 5) is 14.4. The van der Waals surface area contributed by atoms with Crippen molar-refractivity contribution in [3.05, 3.63) is 48.6 Å². The zero-order chi connectivity index (χ0) is 22.3. The molecule has 3 rings (SSSR count). The van der Waals surface area contributed by atoms with Gasteiger partial charge in [-0.15, -0.1) is 16.8 Å². The van der Waals surface area contributed by atoms with Gasteiger partial charge in [0.2, 0.25) is 5.91 Å². The van der Waals surface area contributed by atoms with Gasteiger partial charge in [0.25, 0.3) is 0 Å². The summed E-state index contributed by atoms with van der Waals surface area (Å²) in [6.45, 7) is 4.22. The first-order valence-corrected chi connectivity index (χ1v) is 11.2. The van der Waals surface area contributed by atoms with E-state index in [2.05, 4.69) is 22.8 Å². The monoisotopic (exact) mass is 443 g/mol.